The van der Waals surface area contributed by atoms with Gasteiger partial charge in [0.1, 0.15) is 6.17 Å². The number of aryl methyl sites for hydroxylation is 1. The van der Waals surface area contributed by atoms with Gasteiger partial charge in [-0.25, -0.2) is 9.97 Å². The van der Waals surface area contributed by atoms with Gasteiger partial charge in [-0.05, 0) is 25.5 Å². The molecule has 2 aromatic rings. The first kappa shape index (κ1) is 20.9. The van der Waals surface area contributed by atoms with Crippen molar-refractivity contribution in [3.05, 3.63) is 42.2 Å². The highest BCUT2D eigenvalue weighted by Crippen LogP contribution is 2.40. The molecule has 0 radical (unpaired) electrons. The van der Waals surface area contributed by atoms with Crippen molar-refractivity contribution in [2.24, 2.45) is 0 Å². The first-order chi connectivity index (χ1) is 10.7. The number of nitrogens with zero attached hydrogens (tertiary/aromatic N) is 4. The van der Waals surface area contributed by atoms with Gasteiger partial charge >= 0.3 is 0 Å². The van der Waals surface area contributed by atoms with Gasteiger partial charge in [0, 0.05) is 25.1 Å². The van der Waals surface area contributed by atoms with Gasteiger partial charge in [0.15, 0.2) is 11.6 Å². The number of para-hydroxylation sites is 1. The van der Waals surface area contributed by atoms with E-state index in [2.05, 4.69) is 64.9 Å². The van der Waals surface area contributed by atoms with Gasteiger partial charge in [0.25, 0.3) is 0 Å². The Morgan fingerprint density at radius 2 is 1.43 bits per heavy atom. The second kappa shape index (κ2) is 9.82. The van der Waals surface area contributed by atoms with Crippen molar-refractivity contribution < 1.29 is 0 Å². The fourth-order valence-corrected chi connectivity index (χ4v) is 2.42. The summed E-state index contributed by atoms with van der Waals surface area (Å²) in [7, 11) is 2.05. The second-order valence-electron chi connectivity index (χ2n) is 4.60. The van der Waals surface area contributed by atoms with Crippen LogP contribution in [-0.2, 0) is 0 Å². The van der Waals surface area contributed by atoms with Crippen LogP contribution in [0.25, 0.3) is 0 Å². The van der Waals surface area contributed by atoms with E-state index in [1.807, 2.05) is 27.7 Å². The summed E-state index contributed by atoms with van der Waals surface area (Å²) in [6, 6.07) is 8.37. The number of benzene rings is 1. The van der Waals surface area contributed by atoms with E-state index in [9.17, 15) is 0 Å². The maximum Gasteiger partial charge on any atom is 0.178 e. The van der Waals surface area contributed by atoms with E-state index in [-0.39, 0.29) is 13.6 Å². The topological polar surface area (TPSA) is 32.3 Å². The molecule has 4 nitrogen and oxygen atoms in total. The Bertz CT molecular complexity index is 583. The molecule has 0 N–H and O–H groups in total. The van der Waals surface area contributed by atoms with Crippen molar-refractivity contribution in [1.29, 1.82) is 0 Å². The molecule has 0 aliphatic carbocycles. The van der Waals surface area contributed by atoms with E-state index in [4.69, 9.17) is 0 Å². The summed E-state index contributed by atoms with van der Waals surface area (Å²) in [5.41, 5.74) is 2.44. The van der Waals surface area contributed by atoms with Gasteiger partial charge in [0.2, 0.25) is 0 Å². The third-order valence-electron chi connectivity index (χ3n) is 3.53. The fourth-order valence-electron chi connectivity index (χ4n) is 2.42. The van der Waals surface area contributed by atoms with Crippen molar-refractivity contribution in [3.8, 4) is 0 Å². The second-order valence-corrected chi connectivity index (χ2v) is 4.60. The van der Waals surface area contributed by atoms with Gasteiger partial charge in [0.05, 0.1) is 0 Å². The molecule has 1 aromatic carbocycles. The summed E-state index contributed by atoms with van der Waals surface area (Å²) < 4.78 is 0. The molecule has 0 fully saturated rings. The lowest BCUT2D eigenvalue weighted by Gasteiger charge is -2.27. The van der Waals surface area contributed by atoms with E-state index in [0.717, 1.165) is 11.6 Å². The van der Waals surface area contributed by atoms with Crippen LogP contribution in [0.3, 0.4) is 0 Å². The molecular weight excluding hydrogens is 284 g/mol. The standard InChI is InChI=1S/C14H16N4.2C2H6.CH4/c1-10-6-4-5-7-12(10)18-11(2)17(3)13-14(18)16-9-8-15-13;2*1-2;/h4-9,11H,1-3H3;2*1-2H3;1H4/t11-;;;/m0.../s1. The predicted molar refractivity (Wildman–Crippen MR) is 103 cm³/mol. The molecule has 0 spiro atoms. The molecule has 3 rings (SSSR count). The normalized spacial score (nSPS) is 14.7. The molecule has 1 aliphatic rings. The van der Waals surface area contributed by atoms with Crippen molar-refractivity contribution in [1.82, 2.24) is 9.97 Å². The van der Waals surface area contributed by atoms with Crippen LogP contribution in [0.5, 0.6) is 0 Å². The summed E-state index contributed by atoms with van der Waals surface area (Å²) in [4.78, 5) is 13.3. The summed E-state index contributed by atoms with van der Waals surface area (Å²) >= 11 is 0. The average molecular weight is 316 g/mol. The predicted octanol–water partition coefficient (Wildman–Crippen LogP) is 5.41. The molecule has 0 saturated heterocycles. The molecule has 1 atom stereocenters. The number of rotatable bonds is 1. The first-order valence-electron chi connectivity index (χ1n) is 8.09. The summed E-state index contributed by atoms with van der Waals surface area (Å²) in [5.74, 6) is 1.87. The molecule has 1 aliphatic heterocycles. The number of anilines is 3. The van der Waals surface area contributed by atoms with Crippen molar-refractivity contribution in [2.75, 3.05) is 16.8 Å². The van der Waals surface area contributed by atoms with Crippen molar-refractivity contribution in [2.45, 2.75) is 55.1 Å². The van der Waals surface area contributed by atoms with E-state index >= 15 is 0 Å². The Morgan fingerprint density at radius 1 is 0.913 bits per heavy atom. The number of hydrogen-bond acceptors (Lipinski definition) is 4. The fraction of sp³-hybridized carbons (Fsp3) is 0.474. The zero-order valence-corrected chi connectivity index (χ0v) is 14.8. The van der Waals surface area contributed by atoms with E-state index < -0.39 is 0 Å². The van der Waals surface area contributed by atoms with Crippen LogP contribution in [-0.4, -0.2) is 23.2 Å². The van der Waals surface area contributed by atoms with Crippen LogP contribution in [0.15, 0.2) is 36.7 Å². The molecule has 2 heterocycles. The molecule has 1 aromatic heterocycles. The Hall–Kier alpha value is -2.10. The first-order valence-corrected chi connectivity index (χ1v) is 8.09. The van der Waals surface area contributed by atoms with Crippen molar-refractivity contribution in [3.63, 3.8) is 0 Å². The Labute approximate surface area is 142 Å². The number of aromatic nitrogens is 2. The molecular formula is C19H32N4. The van der Waals surface area contributed by atoms with E-state index in [1.54, 1.807) is 12.4 Å². The highest BCUT2D eigenvalue weighted by Gasteiger charge is 2.34. The molecule has 0 amide bonds. The van der Waals surface area contributed by atoms with Crippen LogP contribution >= 0.6 is 0 Å². The van der Waals surface area contributed by atoms with Gasteiger partial charge in [-0.2, -0.15) is 0 Å². The van der Waals surface area contributed by atoms with E-state index in [1.165, 1.54) is 11.3 Å². The smallest absolute Gasteiger partial charge is 0.178 e. The van der Waals surface area contributed by atoms with Crippen molar-refractivity contribution >= 4 is 17.3 Å². The lowest BCUT2D eigenvalue weighted by molar-refractivity contribution is 0.726. The number of hydrogen-bond donors (Lipinski definition) is 0. The highest BCUT2D eigenvalue weighted by molar-refractivity contribution is 5.78. The van der Waals surface area contributed by atoms with Crippen LogP contribution in [0, 0.1) is 6.92 Å². The Kier molecular flexibility index (Phi) is 8.93. The monoisotopic (exact) mass is 316 g/mol. The third-order valence-corrected chi connectivity index (χ3v) is 3.53. The molecule has 23 heavy (non-hydrogen) atoms. The third kappa shape index (κ3) is 4.01. The zero-order valence-electron chi connectivity index (χ0n) is 14.8. The summed E-state index contributed by atoms with van der Waals surface area (Å²) in [6.45, 7) is 12.3. The van der Waals surface area contributed by atoms with Crippen LogP contribution in [0.1, 0.15) is 47.6 Å². The van der Waals surface area contributed by atoms with Crippen LogP contribution in [0.2, 0.25) is 0 Å². The van der Waals surface area contributed by atoms with Gasteiger partial charge in [-0.1, -0.05) is 53.3 Å². The molecule has 0 saturated carbocycles. The SMILES string of the molecule is C.CC.CC.Cc1ccccc1N1c2nccnc2N(C)[C@@H]1C. The van der Waals surface area contributed by atoms with Gasteiger partial charge in [-0.15, -0.1) is 0 Å². The molecule has 128 valence electrons. The zero-order chi connectivity index (χ0) is 16.7. The van der Waals surface area contributed by atoms with E-state index in [0.29, 0.717) is 0 Å². The molecule has 0 bridgehead atoms. The maximum absolute atomic E-state index is 4.48. The molecule has 0 unspecified atom stereocenters. The number of fused-ring (bicyclic) bond motifs is 1. The van der Waals surface area contributed by atoms with Gasteiger partial charge in [-0.3, -0.25) is 0 Å². The lowest BCUT2D eigenvalue weighted by atomic mass is 10.2. The van der Waals surface area contributed by atoms with Gasteiger partial charge < -0.3 is 9.80 Å². The lowest BCUT2D eigenvalue weighted by Crippen LogP contribution is -2.36. The minimum Gasteiger partial charge on any atom is -0.336 e. The maximum atomic E-state index is 4.48. The van der Waals surface area contributed by atoms with Crippen LogP contribution < -0.4 is 9.80 Å². The largest absolute Gasteiger partial charge is 0.336 e. The summed E-state index contributed by atoms with van der Waals surface area (Å²) in [5, 5.41) is 0. The minimum absolute atomic E-state index is 0. The average Bonchev–Trinajstić information content (AvgIpc) is 2.84. The quantitative estimate of drug-likeness (QED) is 0.704. The van der Waals surface area contributed by atoms with Crippen LogP contribution in [0.4, 0.5) is 17.3 Å². The summed E-state index contributed by atoms with van der Waals surface area (Å²) in [6.07, 6.45) is 3.71. The molecule has 4 heteroatoms. The highest BCUT2D eigenvalue weighted by atomic mass is 15.4. The Balaban J connectivity index is 0.000000901. The Morgan fingerprint density at radius 3 is 2.00 bits per heavy atom. The minimum atomic E-state index is 0.